The predicted molar refractivity (Wildman–Crippen MR) is 79.6 cm³/mol. The van der Waals surface area contributed by atoms with Crippen molar-refractivity contribution in [2.75, 3.05) is 0 Å². The molecule has 1 fully saturated rings. The molecule has 0 saturated carbocycles. The van der Waals surface area contributed by atoms with Crippen molar-refractivity contribution < 1.29 is 24.1 Å². The van der Waals surface area contributed by atoms with Crippen LogP contribution in [0.2, 0.25) is 0 Å². The maximum absolute atomic E-state index is 11.9. The van der Waals surface area contributed by atoms with Crippen LogP contribution < -0.4 is 0 Å². The summed E-state index contributed by atoms with van der Waals surface area (Å²) in [6.07, 6.45) is 2.35. The Bertz CT molecular complexity index is 377. The quantitative estimate of drug-likeness (QED) is 0.550. The van der Waals surface area contributed by atoms with Crippen LogP contribution in [0.1, 0.15) is 40.0 Å². The monoisotopic (exact) mass is 298 g/mol. The van der Waals surface area contributed by atoms with E-state index in [1.807, 2.05) is 20.8 Å². The fourth-order valence-corrected chi connectivity index (χ4v) is 2.28. The van der Waals surface area contributed by atoms with E-state index in [1.165, 1.54) is 6.08 Å². The molecule has 120 valence electrons. The molecule has 1 N–H and O–H groups in total. The summed E-state index contributed by atoms with van der Waals surface area (Å²) in [4.78, 5) is 11.9. The zero-order valence-electron chi connectivity index (χ0n) is 13.1. The van der Waals surface area contributed by atoms with Crippen molar-refractivity contribution in [3.8, 4) is 0 Å². The second-order valence-electron chi connectivity index (χ2n) is 5.58. The lowest BCUT2D eigenvalue weighted by Gasteiger charge is -2.24. The smallest absolute Gasteiger partial charge is 0.306 e. The number of aliphatic hydroxyl groups is 1. The standard InChI is InChI=1S/C16H26O5/c1-6-11(17)9-10-14(18)19-12(7-2)15-13(8-3)20-16(4,5)21-15/h6,8,11-13,15,17H,1,3,7,9-10H2,2,4-5H3/t11-,12-,13+,15-/m0/s1. The summed E-state index contributed by atoms with van der Waals surface area (Å²) < 4.78 is 17.0. The molecule has 0 aromatic heterocycles. The van der Waals surface area contributed by atoms with Gasteiger partial charge < -0.3 is 19.3 Å². The van der Waals surface area contributed by atoms with Crippen LogP contribution in [0.5, 0.6) is 0 Å². The van der Waals surface area contributed by atoms with Gasteiger partial charge in [0.15, 0.2) is 5.79 Å². The van der Waals surface area contributed by atoms with E-state index in [2.05, 4.69) is 13.2 Å². The van der Waals surface area contributed by atoms with Gasteiger partial charge in [0, 0.05) is 6.42 Å². The van der Waals surface area contributed by atoms with Crippen molar-refractivity contribution in [2.24, 2.45) is 0 Å². The van der Waals surface area contributed by atoms with Gasteiger partial charge in [-0.3, -0.25) is 4.79 Å². The maximum atomic E-state index is 11.9. The van der Waals surface area contributed by atoms with Crippen LogP contribution in [0.3, 0.4) is 0 Å². The van der Waals surface area contributed by atoms with E-state index in [0.29, 0.717) is 12.8 Å². The molecule has 5 heteroatoms. The Morgan fingerprint density at radius 1 is 1.43 bits per heavy atom. The topological polar surface area (TPSA) is 65.0 Å². The molecule has 1 aliphatic heterocycles. The Labute approximate surface area is 126 Å². The zero-order chi connectivity index (χ0) is 16.0. The van der Waals surface area contributed by atoms with Gasteiger partial charge in [0.25, 0.3) is 0 Å². The number of carbonyl (C=O) groups is 1. The highest BCUT2D eigenvalue weighted by Gasteiger charge is 2.44. The molecule has 0 spiro atoms. The average Bonchev–Trinajstić information content (AvgIpc) is 2.77. The third kappa shape index (κ3) is 5.26. The van der Waals surface area contributed by atoms with Crippen molar-refractivity contribution in [2.45, 2.75) is 70.2 Å². The largest absolute Gasteiger partial charge is 0.459 e. The first-order valence-electron chi connectivity index (χ1n) is 7.31. The lowest BCUT2D eigenvalue weighted by atomic mass is 10.1. The van der Waals surface area contributed by atoms with Gasteiger partial charge in [-0.2, -0.15) is 0 Å². The summed E-state index contributed by atoms with van der Waals surface area (Å²) >= 11 is 0. The SMILES string of the molecule is C=C[C@H](O)CCC(=O)O[C@@H](CC)[C@@H]1OC(C)(C)O[C@@H]1C=C. The van der Waals surface area contributed by atoms with Gasteiger partial charge in [0.1, 0.15) is 18.3 Å². The first kappa shape index (κ1) is 17.9. The van der Waals surface area contributed by atoms with Crippen molar-refractivity contribution >= 4 is 5.97 Å². The molecule has 0 aromatic rings. The first-order chi connectivity index (χ1) is 9.82. The first-order valence-corrected chi connectivity index (χ1v) is 7.31. The third-order valence-electron chi connectivity index (χ3n) is 3.36. The van der Waals surface area contributed by atoms with Gasteiger partial charge >= 0.3 is 5.97 Å². The Balaban J connectivity index is 2.59. The lowest BCUT2D eigenvalue weighted by molar-refractivity contribution is -0.171. The van der Waals surface area contributed by atoms with Crippen molar-refractivity contribution in [1.29, 1.82) is 0 Å². The molecule has 5 nitrogen and oxygen atoms in total. The summed E-state index contributed by atoms with van der Waals surface area (Å²) in [5.41, 5.74) is 0. The van der Waals surface area contributed by atoms with Crippen LogP contribution in [-0.4, -0.2) is 41.3 Å². The molecule has 0 amide bonds. The summed E-state index contributed by atoms with van der Waals surface area (Å²) in [7, 11) is 0. The summed E-state index contributed by atoms with van der Waals surface area (Å²) in [5, 5.41) is 9.37. The molecular formula is C16H26O5. The molecule has 1 aliphatic rings. The van der Waals surface area contributed by atoms with Crippen LogP contribution in [0.4, 0.5) is 0 Å². The maximum Gasteiger partial charge on any atom is 0.306 e. The normalized spacial score (nSPS) is 26.9. The number of ether oxygens (including phenoxy) is 3. The minimum Gasteiger partial charge on any atom is -0.459 e. The van der Waals surface area contributed by atoms with Gasteiger partial charge in [-0.15, -0.1) is 13.2 Å². The number of hydrogen-bond acceptors (Lipinski definition) is 5. The van der Waals surface area contributed by atoms with Crippen LogP contribution in [0, 0.1) is 0 Å². The van der Waals surface area contributed by atoms with Crippen molar-refractivity contribution in [3.63, 3.8) is 0 Å². The van der Waals surface area contributed by atoms with Gasteiger partial charge in [-0.25, -0.2) is 0 Å². The zero-order valence-corrected chi connectivity index (χ0v) is 13.1. The molecule has 0 radical (unpaired) electrons. The van der Waals surface area contributed by atoms with Gasteiger partial charge in [-0.05, 0) is 26.7 Å². The highest BCUT2D eigenvalue weighted by molar-refractivity contribution is 5.69. The highest BCUT2D eigenvalue weighted by Crippen LogP contribution is 2.32. The molecule has 0 bridgehead atoms. The molecule has 1 heterocycles. The average molecular weight is 298 g/mol. The number of hydrogen-bond donors (Lipinski definition) is 1. The molecule has 4 atom stereocenters. The van der Waals surface area contributed by atoms with Gasteiger partial charge in [-0.1, -0.05) is 19.1 Å². The summed E-state index contributed by atoms with van der Waals surface area (Å²) in [5.74, 6) is -1.08. The molecule has 0 unspecified atom stereocenters. The number of rotatable bonds is 8. The second-order valence-corrected chi connectivity index (χ2v) is 5.58. The van der Waals surface area contributed by atoms with Crippen LogP contribution in [-0.2, 0) is 19.0 Å². The number of carbonyl (C=O) groups excluding carboxylic acids is 1. The van der Waals surface area contributed by atoms with Crippen molar-refractivity contribution in [1.82, 2.24) is 0 Å². The minimum absolute atomic E-state index is 0.138. The van der Waals surface area contributed by atoms with E-state index in [-0.39, 0.29) is 24.6 Å². The van der Waals surface area contributed by atoms with E-state index < -0.39 is 18.0 Å². The van der Waals surface area contributed by atoms with Crippen LogP contribution in [0.25, 0.3) is 0 Å². The highest BCUT2D eigenvalue weighted by atomic mass is 16.8. The van der Waals surface area contributed by atoms with Gasteiger partial charge in [0.05, 0.1) is 6.10 Å². The van der Waals surface area contributed by atoms with E-state index in [0.717, 1.165) is 0 Å². The van der Waals surface area contributed by atoms with E-state index in [1.54, 1.807) is 6.08 Å². The Kier molecular flexibility index (Phi) is 6.58. The molecular weight excluding hydrogens is 272 g/mol. The predicted octanol–water partition coefficient (Wildman–Crippen LogP) is 2.34. The fourth-order valence-electron chi connectivity index (χ4n) is 2.28. The van der Waals surface area contributed by atoms with Crippen LogP contribution in [0.15, 0.2) is 25.3 Å². The Morgan fingerprint density at radius 3 is 2.62 bits per heavy atom. The van der Waals surface area contributed by atoms with Crippen LogP contribution >= 0.6 is 0 Å². The Hall–Kier alpha value is -1.17. The fraction of sp³-hybridized carbons (Fsp3) is 0.688. The second kappa shape index (κ2) is 7.73. The van der Waals surface area contributed by atoms with E-state index in [4.69, 9.17) is 14.2 Å². The molecule has 1 saturated heterocycles. The minimum atomic E-state index is -0.720. The lowest BCUT2D eigenvalue weighted by Crippen LogP contribution is -2.37. The number of aliphatic hydroxyl groups excluding tert-OH is 1. The Morgan fingerprint density at radius 2 is 2.10 bits per heavy atom. The third-order valence-corrected chi connectivity index (χ3v) is 3.36. The number of esters is 1. The van der Waals surface area contributed by atoms with E-state index in [9.17, 15) is 9.90 Å². The summed E-state index contributed by atoms with van der Waals surface area (Å²) in [6.45, 7) is 12.8. The van der Waals surface area contributed by atoms with E-state index >= 15 is 0 Å². The summed E-state index contributed by atoms with van der Waals surface area (Å²) in [6, 6.07) is 0. The molecule has 0 aromatic carbocycles. The van der Waals surface area contributed by atoms with Gasteiger partial charge in [0.2, 0.25) is 0 Å². The molecule has 0 aliphatic carbocycles. The van der Waals surface area contributed by atoms with Crippen molar-refractivity contribution in [3.05, 3.63) is 25.3 Å². The molecule has 21 heavy (non-hydrogen) atoms. The molecule has 1 rings (SSSR count).